The number of hydrogen-bond donors (Lipinski definition) is 1. The Hall–Kier alpha value is -1.17. The van der Waals surface area contributed by atoms with E-state index in [4.69, 9.17) is 5.11 Å². The third kappa shape index (κ3) is 2.98. The molecule has 0 aromatic heterocycles. The van der Waals surface area contributed by atoms with Gasteiger partial charge in [-0.2, -0.15) is 0 Å². The molecule has 72 valence electrons. The van der Waals surface area contributed by atoms with Gasteiger partial charge in [-0.05, 0) is 20.8 Å². The van der Waals surface area contributed by atoms with Crippen LogP contribution < -0.4 is 0 Å². The molecular weight excluding hydrogens is 166 g/mol. The highest BCUT2D eigenvalue weighted by Gasteiger charge is 2.28. The van der Waals surface area contributed by atoms with E-state index >= 15 is 0 Å². The topological polar surface area (TPSA) is 40.5 Å². The highest BCUT2D eigenvalue weighted by Crippen LogP contribution is 2.16. The molecule has 0 aromatic rings. The number of rotatable bonds is 0. The van der Waals surface area contributed by atoms with Crippen LogP contribution in [0.5, 0.6) is 0 Å². The lowest BCUT2D eigenvalue weighted by atomic mass is 9.94. The quantitative estimate of drug-likeness (QED) is 0.577. The van der Waals surface area contributed by atoms with Crippen molar-refractivity contribution in [2.75, 3.05) is 13.1 Å². The predicted octanol–water partition coefficient (Wildman–Crippen LogP) is 1.65. The third-order valence-corrected chi connectivity index (χ3v) is 1.80. The molecule has 0 bridgehead atoms. The molecule has 1 heterocycles. The molecule has 1 fully saturated rings. The Bertz CT molecular complexity index is 261. The largest absolute Gasteiger partial charge is 0.465 e. The molecule has 0 aromatic carbocycles. The van der Waals surface area contributed by atoms with Gasteiger partial charge < -0.3 is 10.0 Å². The van der Waals surface area contributed by atoms with E-state index in [0.717, 1.165) is 0 Å². The molecule has 1 amide bonds. The normalized spacial score (nSPS) is 17.3. The second kappa shape index (κ2) is 3.29. The second-order valence-electron chi connectivity index (χ2n) is 4.40. The Morgan fingerprint density at radius 3 is 2.38 bits per heavy atom. The van der Waals surface area contributed by atoms with Crippen LogP contribution in [0.1, 0.15) is 20.8 Å². The van der Waals surface area contributed by atoms with Crippen molar-refractivity contribution in [3.05, 3.63) is 0 Å². The number of likely N-dealkylation sites (tertiary alicyclic amines) is 1. The number of hydrogen-bond acceptors (Lipinski definition) is 1. The smallest absolute Gasteiger partial charge is 0.407 e. The number of amides is 1. The van der Waals surface area contributed by atoms with Gasteiger partial charge in [0.1, 0.15) is 0 Å². The Kier molecular flexibility index (Phi) is 2.51. The summed E-state index contributed by atoms with van der Waals surface area (Å²) in [6, 6.07) is 0. The van der Waals surface area contributed by atoms with Gasteiger partial charge in [0.05, 0.1) is 5.92 Å². The Balaban J connectivity index is 2.36. The summed E-state index contributed by atoms with van der Waals surface area (Å²) in [5.74, 6) is 6.45. The van der Waals surface area contributed by atoms with Crippen molar-refractivity contribution in [2.45, 2.75) is 20.8 Å². The van der Waals surface area contributed by atoms with Gasteiger partial charge in [0.2, 0.25) is 0 Å². The summed E-state index contributed by atoms with van der Waals surface area (Å²) in [5, 5.41) is 8.56. The van der Waals surface area contributed by atoms with E-state index in [9.17, 15) is 4.79 Å². The average Bonchev–Trinajstić information content (AvgIpc) is 1.79. The molecule has 3 heteroatoms. The van der Waals surface area contributed by atoms with Gasteiger partial charge in [0.25, 0.3) is 0 Å². The van der Waals surface area contributed by atoms with Gasteiger partial charge in [-0.15, -0.1) is 0 Å². The summed E-state index contributed by atoms with van der Waals surface area (Å²) in [5.41, 5.74) is 0.0175. The van der Waals surface area contributed by atoms with Crippen molar-refractivity contribution in [3.63, 3.8) is 0 Å². The second-order valence-corrected chi connectivity index (χ2v) is 4.40. The zero-order valence-electron chi connectivity index (χ0n) is 8.29. The highest BCUT2D eigenvalue weighted by atomic mass is 16.4. The van der Waals surface area contributed by atoms with Crippen LogP contribution in [0.25, 0.3) is 0 Å². The molecule has 0 saturated carbocycles. The minimum absolute atomic E-state index is 0.0175. The van der Waals surface area contributed by atoms with Gasteiger partial charge in [-0.3, -0.25) is 0 Å². The first-order valence-corrected chi connectivity index (χ1v) is 4.39. The first kappa shape index (κ1) is 9.91. The van der Waals surface area contributed by atoms with Crippen LogP contribution in [-0.4, -0.2) is 29.2 Å². The zero-order chi connectivity index (χ0) is 10.1. The van der Waals surface area contributed by atoms with Crippen molar-refractivity contribution in [1.29, 1.82) is 0 Å². The maximum absolute atomic E-state index is 10.4. The molecule has 0 unspecified atom stereocenters. The molecule has 3 nitrogen and oxygen atoms in total. The molecule has 0 spiro atoms. The fourth-order valence-electron chi connectivity index (χ4n) is 1.04. The number of carbonyl (C=O) groups is 1. The average molecular weight is 181 g/mol. The SMILES string of the molecule is CC(C)(C)C#CC1CN(C(=O)O)C1. The van der Waals surface area contributed by atoms with Crippen molar-refractivity contribution in [3.8, 4) is 11.8 Å². The lowest BCUT2D eigenvalue weighted by Crippen LogP contribution is -2.48. The van der Waals surface area contributed by atoms with E-state index in [2.05, 4.69) is 11.8 Å². The highest BCUT2D eigenvalue weighted by molar-refractivity contribution is 5.66. The molecule has 1 aliphatic heterocycles. The van der Waals surface area contributed by atoms with Crippen LogP contribution in [0.2, 0.25) is 0 Å². The van der Waals surface area contributed by atoms with Crippen molar-refractivity contribution in [2.24, 2.45) is 11.3 Å². The van der Waals surface area contributed by atoms with Crippen LogP contribution in [0.15, 0.2) is 0 Å². The molecule has 1 saturated heterocycles. The van der Waals surface area contributed by atoms with Crippen LogP contribution >= 0.6 is 0 Å². The van der Waals surface area contributed by atoms with Crippen molar-refractivity contribution >= 4 is 6.09 Å². The maximum Gasteiger partial charge on any atom is 0.407 e. The summed E-state index contributed by atoms with van der Waals surface area (Å²) in [6.07, 6.45) is -0.839. The standard InChI is InChI=1S/C10H15NO2/c1-10(2,3)5-4-8-6-11(7-8)9(12)13/h8H,6-7H2,1-3H3,(H,12,13). The summed E-state index contributed by atoms with van der Waals surface area (Å²) >= 11 is 0. The van der Waals surface area contributed by atoms with Gasteiger partial charge in [0.15, 0.2) is 0 Å². The Morgan fingerprint density at radius 2 is 2.00 bits per heavy atom. The van der Waals surface area contributed by atoms with Crippen molar-refractivity contribution in [1.82, 2.24) is 4.90 Å². The Labute approximate surface area is 78.7 Å². The predicted molar refractivity (Wildman–Crippen MR) is 50.3 cm³/mol. The summed E-state index contributed by atoms with van der Waals surface area (Å²) in [7, 11) is 0. The molecule has 1 rings (SSSR count). The van der Waals surface area contributed by atoms with E-state index in [1.807, 2.05) is 20.8 Å². The van der Waals surface area contributed by atoms with Gasteiger partial charge in [0, 0.05) is 18.5 Å². The van der Waals surface area contributed by atoms with E-state index in [-0.39, 0.29) is 11.3 Å². The van der Waals surface area contributed by atoms with Crippen LogP contribution in [0, 0.1) is 23.2 Å². The summed E-state index contributed by atoms with van der Waals surface area (Å²) < 4.78 is 0. The maximum atomic E-state index is 10.4. The molecule has 0 atom stereocenters. The number of carboxylic acid groups (broad SMARTS) is 1. The summed E-state index contributed by atoms with van der Waals surface area (Å²) in [6.45, 7) is 7.28. The third-order valence-electron chi connectivity index (χ3n) is 1.80. The molecule has 13 heavy (non-hydrogen) atoms. The van der Waals surface area contributed by atoms with Gasteiger partial charge >= 0.3 is 6.09 Å². The van der Waals surface area contributed by atoms with E-state index in [1.165, 1.54) is 4.90 Å². The lowest BCUT2D eigenvalue weighted by Gasteiger charge is -2.33. The fraction of sp³-hybridized carbons (Fsp3) is 0.700. The lowest BCUT2D eigenvalue weighted by molar-refractivity contribution is 0.0998. The molecular formula is C10H15NO2. The Morgan fingerprint density at radius 1 is 1.46 bits per heavy atom. The van der Waals surface area contributed by atoms with Crippen LogP contribution in [0.4, 0.5) is 4.79 Å². The minimum atomic E-state index is -0.839. The van der Waals surface area contributed by atoms with Gasteiger partial charge in [-0.1, -0.05) is 11.8 Å². The molecule has 1 aliphatic rings. The fourth-order valence-corrected chi connectivity index (χ4v) is 1.04. The van der Waals surface area contributed by atoms with E-state index in [0.29, 0.717) is 13.1 Å². The molecule has 0 aliphatic carbocycles. The van der Waals surface area contributed by atoms with E-state index < -0.39 is 6.09 Å². The van der Waals surface area contributed by atoms with Crippen LogP contribution in [-0.2, 0) is 0 Å². The van der Waals surface area contributed by atoms with Crippen LogP contribution in [0.3, 0.4) is 0 Å². The minimum Gasteiger partial charge on any atom is -0.465 e. The molecule has 0 radical (unpaired) electrons. The monoisotopic (exact) mass is 181 g/mol. The summed E-state index contributed by atoms with van der Waals surface area (Å²) in [4.78, 5) is 11.8. The zero-order valence-corrected chi connectivity index (χ0v) is 8.29. The first-order chi connectivity index (χ1) is 5.88. The first-order valence-electron chi connectivity index (χ1n) is 4.39. The van der Waals surface area contributed by atoms with Crippen molar-refractivity contribution < 1.29 is 9.90 Å². The number of nitrogens with zero attached hydrogens (tertiary/aromatic N) is 1. The van der Waals surface area contributed by atoms with E-state index in [1.54, 1.807) is 0 Å². The molecule has 1 N–H and O–H groups in total. The van der Waals surface area contributed by atoms with Gasteiger partial charge in [-0.25, -0.2) is 4.79 Å².